The summed E-state index contributed by atoms with van der Waals surface area (Å²) in [5, 5.41) is 9.95. The summed E-state index contributed by atoms with van der Waals surface area (Å²) in [6, 6.07) is 22.1. The normalized spacial score (nSPS) is 18.7. The minimum atomic E-state index is -0.635. The first-order chi connectivity index (χ1) is 18.4. The highest BCUT2D eigenvalue weighted by atomic mass is 35.5. The van der Waals surface area contributed by atoms with E-state index in [2.05, 4.69) is 10.3 Å². The van der Waals surface area contributed by atoms with Crippen LogP contribution in [-0.2, 0) is 9.59 Å². The fourth-order valence-corrected chi connectivity index (χ4v) is 5.46. The molecule has 2 aliphatic rings. The number of carbonyl (C=O) groups is 2. The highest BCUT2D eigenvalue weighted by Crippen LogP contribution is 2.39. The van der Waals surface area contributed by atoms with E-state index in [4.69, 9.17) is 26.2 Å². The Labute approximate surface area is 229 Å². The first-order valence-corrected chi connectivity index (χ1v) is 13.2. The van der Waals surface area contributed by atoms with E-state index in [0.29, 0.717) is 28.0 Å². The number of halogens is 1. The van der Waals surface area contributed by atoms with Crippen molar-refractivity contribution in [2.24, 2.45) is 10.1 Å². The van der Waals surface area contributed by atoms with Crippen molar-refractivity contribution in [1.29, 1.82) is 0 Å². The van der Waals surface area contributed by atoms with Crippen LogP contribution in [0.4, 0.5) is 5.69 Å². The number of hydrogen-bond acceptors (Lipinski definition) is 7. The van der Waals surface area contributed by atoms with Crippen LogP contribution >= 0.6 is 23.4 Å². The fourth-order valence-electron chi connectivity index (χ4n) is 4.27. The van der Waals surface area contributed by atoms with Gasteiger partial charge in [0.2, 0.25) is 5.91 Å². The van der Waals surface area contributed by atoms with Gasteiger partial charge in [-0.2, -0.15) is 10.1 Å². The van der Waals surface area contributed by atoms with E-state index in [9.17, 15) is 9.59 Å². The summed E-state index contributed by atoms with van der Waals surface area (Å²) in [7, 11) is 3.20. The summed E-state index contributed by atoms with van der Waals surface area (Å²) in [4.78, 5) is 29.8. The summed E-state index contributed by atoms with van der Waals surface area (Å²) in [6.45, 7) is 0. The van der Waals surface area contributed by atoms with Crippen LogP contribution in [0.5, 0.6) is 11.5 Å². The molecule has 1 N–H and O–H groups in total. The summed E-state index contributed by atoms with van der Waals surface area (Å²) in [5.41, 5.74) is 3.40. The molecule has 0 saturated heterocycles. The lowest BCUT2D eigenvalue weighted by molar-refractivity contribution is -0.121. The third-order valence-corrected chi connectivity index (χ3v) is 7.63. The van der Waals surface area contributed by atoms with Gasteiger partial charge in [-0.3, -0.25) is 9.59 Å². The predicted octanol–water partition coefficient (Wildman–Crippen LogP) is 5.54. The zero-order chi connectivity index (χ0) is 26.6. The van der Waals surface area contributed by atoms with Crippen molar-refractivity contribution < 1.29 is 19.1 Å². The molecule has 3 aromatic carbocycles. The molecule has 0 saturated carbocycles. The van der Waals surface area contributed by atoms with Crippen LogP contribution in [0.3, 0.4) is 0 Å². The second-order valence-corrected chi connectivity index (χ2v) is 10.3. The molecule has 38 heavy (non-hydrogen) atoms. The summed E-state index contributed by atoms with van der Waals surface area (Å²) in [5.74, 6) is 0.799. The predicted molar refractivity (Wildman–Crippen MR) is 150 cm³/mol. The summed E-state index contributed by atoms with van der Waals surface area (Å²) in [6.07, 6.45) is 0.596. The summed E-state index contributed by atoms with van der Waals surface area (Å²) < 4.78 is 10.6. The van der Waals surface area contributed by atoms with Crippen molar-refractivity contribution in [2.45, 2.75) is 24.1 Å². The number of aliphatic imine (C=N–C) groups is 1. The third kappa shape index (κ3) is 5.69. The number of nitrogens with one attached hydrogen (secondary N) is 1. The zero-order valence-corrected chi connectivity index (χ0v) is 22.3. The van der Waals surface area contributed by atoms with Gasteiger partial charge in [0.15, 0.2) is 5.17 Å². The third-order valence-electron chi connectivity index (χ3n) is 6.24. The topological polar surface area (TPSA) is 92.6 Å². The highest BCUT2D eigenvalue weighted by Gasteiger charge is 2.39. The first kappa shape index (κ1) is 25.8. The molecule has 194 valence electrons. The maximum atomic E-state index is 12.8. The maximum absolute atomic E-state index is 12.8. The minimum Gasteiger partial charge on any atom is -0.497 e. The number of anilines is 1. The van der Waals surface area contributed by atoms with Gasteiger partial charge >= 0.3 is 0 Å². The molecule has 0 fully saturated rings. The van der Waals surface area contributed by atoms with Gasteiger partial charge in [0.25, 0.3) is 5.91 Å². The van der Waals surface area contributed by atoms with Crippen LogP contribution in [-0.4, -0.2) is 47.2 Å². The fraction of sp³-hybridized carbons (Fsp3) is 0.214. The molecule has 2 aliphatic heterocycles. The van der Waals surface area contributed by atoms with Crippen molar-refractivity contribution in [2.75, 3.05) is 19.5 Å². The van der Waals surface area contributed by atoms with E-state index in [1.807, 2.05) is 48.5 Å². The smallest absolute Gasteiger partial charge is 0.262 e. The number of nitrogens with zero attached hydrogens (tertiary/aromatic N) is 3. The van der Waals surface area contributed by atoms with Gasteiger partial charge in [0.1, 0.15) is 16.7 Å². The molecule has 8 nitrogen and oxygen atoms in total. The number of amides is 2. The molecule has 2 heterocycles. The molecular formula is C28H25ClN4O4S. The van der Waals surface area contributed by atoms with E-state index in [0.717, 1.165) is 22.6 Å². The Balaban J connectivity index is 1.34. The molecule has 0 radical (unpaired) electrons. The molecule has 0 spiro atoms. The Morgan fingerprint density at radius 3 is 2.50 bits per heavy atom. The highest BCUT2D eigenvalue weighted by molar-refractivity contribution is 8.15. The largest absolute Gasteiger partial charge is 0.497 e. The standard InChI is InChI=1S/C28H25ClN4O4S/c1-36-21-12-10-20(11-13-21)30-26(34)16-25-27(35)31-28(38-25)33-24(18-4-3-5-22(14-18)37-2)15-23(32-33)17-6-8-19(29)9-7-17/h3-14,24-25H,15-16H2,1-2H3,(H,30,34)/t24-,25-/m1/s1. The Kier molecular flexibility index (Phi) is 7.67. The van der Waals surface area contributed by atoms with Gasteiger partial charge in [-0.1, -0.05) is 47.6 Å². The maximum Gasteiger partial charge on any atom is 0.262 e. The Bertz CT molecular complexity index is 1410. The quantitative estimate of drug-likeness (QED) is 0.417. The Hall–Kier alpha value is -3.82. The molecule has 2 atom stereocenters. The second kappa shape index (κ2) is 11.3. The van der Waals surface area contributed by atoms with E-state index in [1.54, 1.807) is 43.5 Å². The van der Waals surface area contributed by atoms with Gasteiger partial charge < -0.3 is 14.8 Å². The van der Waals surface area contributed by atoms with Crippen LogP contribution in [0.2, 0.25) is 5.02 Å². The van der Waals surface area contributed by atoms with E-state index in [-0.39, 0.29) is 24.3 Å². The molecule has 10 heteroatoms. The van der Waals surface area contributed by atoms with Crippen molar-refractivity contribution in [3.05, 3.63) is 88.9 Å². The lowest BCUT2D eigenvalue weighted by Gasteiger charge is -2.23. The minimum absolute atomic E-state index is 0.00600. The number of thioether (sulfide) groups is 1. The van der Waals surface area contributed by atoms with Gasteiger partial charge in [0, 0.05) is 23.6 Å². The van der Waals surface area contributed by atoms with E-state index >= 15 is 0 Å². The monoisotopic (exact) mass is 548 g/mol. The number of carbonyl (C=O) groups excluding carboxylic acids is 2. The lowest BCUT2D eigenvalue weighted by atomic mass is 9.98. The molecule has 0 aliphatic carbocycles. The average molecular weight is 549 g/mol. The van der Waals surface area contributed by atoms with Gasteiger partial charge in [-0.15, -0.1) is 0 Å². The number of amidine groups is 1. The molecule has 0 aromatic heterocycles. The van der Waals surface area contributed by atoms with Crippen LogP contribution in [0, 0.1) is 0 Å². The second-order valence-electron chi connectivity index (χ2n) is 8.71. The number of rotatable bonds is 7. The average Bonchev–Trinajstić information content (AvgIpc) is 3.53. The number of hydrazone groups is 1. The Morgan fingerprint density at radius 2 is 1.79 bits per heavy atom. The van der Waals surface area contributed by atoms with Crippen LogP contribution in [0.15, 0.2) is 82.9 Å². The number of benzene rings is 3. The summed E-state index contributed by atoms with van der Waals surface area (Å²) >= 11 is 7.34. The van der Waals surface area contributed by atoms with Crippen molar-refractivity contribution in [3.63, 3.8) is 0 Å². The molecule has 3 aromatic rings. The number of hydrogen-bond donors (Lipinski definition) is 1. The number of ether oxygens (including phenoxy) is 2. The SMILES string of the molecule is COc1ccc(NC(=O)C[C@H]2SC(N3N=C(c4ccc(Cl)cc4)C[C@@H]3c3cccc(OC)c3)=NC2=O)cc1. The van der Waals surface area contributed by atoms with E-state index < -0.39 is 5.25 Å². The van der Waals surface area contributed by atoms with Crippen LogP contribution in [0.25, 0.3) is 0 Å². The van der Waals surface area contributed by atoms with Crippen molar-refractivity contribution >= 4 is 51.7 Å². The Morgan fingerprint density at radius 1 is 1.05 bits per heavy atom. The first-order valence-electron chi connectivity index (χ1n) is 11.9. The molecule has 0 bridgehead atoms. The number of methoxy groups -OCH3 is 2. The van der Waals surface area contributed by atoms with Crippen molar-refractivity contribution in [3.8, 4) is 11.5 Å². The lowest BCUT2D eigenvalue weighted by Crippen LogP contribution is -2.25. The van der Waals surface area contributed by atoms with Gasteiger partial charge in [0.05, 0.1) is 26.0 Å². The molecular weight excluding hydrogens is 524 g/mol. The molecule has 0 unspecified atom stereocenters. The van der Waals surface area contributed by atoms with Crippen LogP contribution < -0.4 is 14.8 Å². The van der Waals surface area contributed by atoms with Crippen LogP contribution in [0.1, 0.15) is 30.0 Å². The zero-order valence-electron chi connectivity index (χ0n) is 20.8. The van der Waals surface area contributed by atoms with Gasteiger partial charge in [-0.25, -0.2) is 5.01 Å². The van der Waals surface area contributed by atoms with E-state index in [1.165, 1.54) is 11.8 Å². The van der Waals surface area contributed by atoms with Gasteiger partial charge in [-0.05, 0) is 59.7 Å². The van der Waals surface area contributed by atoms with Crippen molar-refractivity contribution in [1.82, 2.24) is 5.01 Å². The molecule has 2 amide bonds. The molecule has 5 rings (SSSR count).